The minimum atomic E-state index is -0.780. The van der Waals surface area contributed by atoms with E-state index in [1.807, 2.05) is 42.2 Å². The molecule has 0 spiro atoms. The summed E-state index contributed by atoms with van der Waals surface area (Å²) in [5.41, 5.74) is 0.920. The number of benzene rings is 1. The third-order valence-electron chi connectivity index (χ3n) is 4.84. The topological polar surface area (TPSA) is 90.7 Å². The second-order valence-electron chi connectivity index (χ2n) is 6.77. The maximum atomic E-state index is 12.4. The van der Waals surface area contributed by atoms with Gasteiger partial charge < -0.3 is 9.47 Å². The van der Waals surface area contributed by atoms with E-state index < -0.39 is 18.0 Å². The molecule has 2 heterocycles. The Balaban J connectivity index is 1.50. The van der Waals surface area contributed by atoms with Crippen molar-refractivity contribution in [2.24, 2.45) is 11.8 Å². The fourth-order valence-electron chi connectivity index (χ4n) is 3.32. The van der Waals surface area contributed by atoms with Gasteiger partial charge >= 0.3 is 18.0 Å². The van der Waals surface area contributed by atoms with Gasteiger partial charge in [-0.25, -0.2) is 14.3 Å². The van der Waals surface area contributed by atoms with E-state index >= 15 is 0 Å². The number of aromatic nitrogens is 2. The number of hydrogen-bond acceptors (Lipinski definition) is 7. The lowest BCUT2D eigenvalue weighted by molar-refractivity contribution is -0.147. The van der Waals surface area contributed by atoms with E-state index in [9.17, 15) is 14.4 Å². The number of likely N-dealkylation sites (tertiary alicyclic amines) is 1. The van der Waals surface area contributed by atoms with Crippen LogP contribution in [0, 0.1) is 11.8 Å². The first-order chi connectivity index (χ1) is 13.6. The van der Waals surface area contributed by atoms with E-state index in [2.05, 4.69) is 4.98 Å². The summed E-state index contributed by atoms with van der Waals surface area (Å²) in [7, 11) is 0. The molecular formula is C20H23N3O5. The van der Waals surface area contributed by atoms with Crippen molar-refractivity contribution in [2.75, 3.05) is 19.6 Å². The summed E-state index contributed by atoms with van der Waals surface area (Å²) < 4.78 is 11.4. The van der Waals surface area contributed by atoms with Gasteiger partial charge in [0.25, 0.3) is 0 Å². The lowest BCUT2D eigenvalue weighted by atomic mass is 9.94. The Labute approximate surface area is 163 Å². The summed E-state index contributed by atoms with van der Waals surface area (Å²) in [6.07, 6.45) is 4.08. The fraction of sp³-hybridized carbons (Fsp3) is 0.400. The summed E-state index contributed by atoms with van der Waals surface area (Å²) in [6.45, 7) is 3.23. The summed E-state index contributed by atoms with van der Waals surface area (Å²) in [4.78, 5) is 42.1. The summed E-state index contributed by atoms with van der Waals surface area (Å²) in [5, 5.41) is 0. The Kier molecular flexibility index (Phi) is 6.54. The molecule has 1 saturated heterocycles. The number of hydrogen-bond donors (Lipinski definition) is 0. The average molecular weight is 385 g/mol. The summed E-state index contributed by atoms with van der Waals surface area (Å²) in [5.74, 6) is -1.36. The molecule has 0 amide bonds. The molecule has 2 atom stereocenters. The largest absolute Gasteiger partial charge is 0.460 e. The van der Waals surface area contributed by atoms with Gasteiger partial charge in [0.2, 0.25) is 0 Å². The van der Waals surface area contributed by atoms with E-state index in [4.69, 9.17) is 9.47 Å². The Morgan fingerprint density at radius 1 is 1.18 bits per heavy atom. The highest BCUT2D eigenvalue weighted by Gasteiger charge is 2.39. The molecule has 1 aromatic heterocycles. The first-order valence-electron chi connectivity index (χ1n) is 9.22. The fourth-order valence-corrected chi connectivity index (χ4v) is 3.32. The van der Waals surface area contributed by atoms with Gasteiger partial charge in [0.1, 0.15) is 12.9 Å². The number of ether oxygens (including phenoxy) is 2. The number of esters is 2. The van der Waals surface area contributed by atoms with E-state index in [1.165, 1.54) is 18.7 Å². The quantitative estimate of drug-likeness (QED) is 0.555. The van der Waals surface area contributed by atoms with Crippen molar-refractivity contribution in [1.29, 1.82) is 0 Å². The van der Waals surface area contributed by atoms with Gasteiger partial charge in [-0.3, -0.25) is 14.5 Å². The SMILES string of the molecule is CCC1CN(CC(=O)OCc2ccccc2)CC1C(=O)OC(=O)n1ccnc1. The van der Waals surface area contributed by atoms with Crippen LogP contribution in [0.15, 0.2) is 49.1 Å². The van der Waals surface area contributed by atoms with Crippen molar-refractivity contribution in [3.05, 3.63) is 54.6 Å². The molecule has 148 valence electrons. The highest BCUT2D eigenvalue weighted by molar-refractivity contribution is 5.87. The highest BCUT2D eigenvalue weighted by Crippen LogP contribution is 2.27. The van der Waals surface area contributed by atoms with Crippen LogP contribution in [-0.2, 0) is 25.7 Å². The molecule has 3 rings (SSSR count). The number of nitrogens with zero attached hydrogens (tertiary/aromatic N) is 3. The average Bonchev–Trinajstić information content (AvgIpc) is 3.37. The number of carbonyl (C=O) groups is 3. The van der Waals surface area contributed by atoms with Gasteiger partial charge in [-0.15, -0.1) is 0 Å². The zero-order chi connectivity index (χ0) is 19.9. The van der Waals surface area contributed by atoms with Crippen LogP contribution in [0.3, 0.4) is 0 Å². The molecule has 1 aliphatic rings. The predicted molar refractivity (Wildman–Crippen MR) is 99.1 cm³/mol. The van der Waals surface area contributed by atoms with Crippen LogP contribution in [-0.4, -0.2) is 52.1 Å². The van der Waals surface area contributed by atoms with Gasteiger partial charge in [-0.05, 0) is 11.5 Å². The Morgan fingerprint density at radius 2 is 1.96 bits per heavy atom. The number of carbonyl (C=O) groups excluding carboxylic acids is 3. The van der Waals surface area contributed by atoms with Crippen molar-refractivity contribution >= 4 is 18.0 Å². The standard InChI is InChI=1S/C20H23N3O5/c1-2-16-10-22(12-18(24)27-13-15-6-4-3-5-7-15)11-17(16)19(25)28-20(26)23-9-8-21-14-23/h3-9,14,16-17H,2,10-13H2,1H3. The van der Waals surface area contributed by atoms with Crippen LogP contribution in [0.1, 0.15) is 18.9 Å². The third kappa shape index (κ3) is 5.04. The van der Waals surface area contributed by atoms with Crippen LogP contribution in [0.5, 0.6) is 0 Å². The van der Waals surface area contributed by atoms with Crippen LogP contribution < -0.4 is 0 Å². The molecule has 0 aliphatic carbocycles. The van der Waals surface area contributed by atoms with Crippen molar-refractivity contribution in [1.82, 2.24) is 14.5 Å². The Morgan fingerprint density at radius 3 is 2.64 bits per heavy atom. The van der Waals surface area contributed by atoms with Crippen LogP contribution >= 0.6 is 0 Å². The normalized spacial score (nSPS) is 19.3. The Bertz CT molecular complexity index is 807. The van der Waals surface area contributed by atoms with Crippen LogP contribution in [0.25, 0.3) is 0 Å². The maximum absolute atomic E-state index is 12.4. The molecule has 2 unspecified atom stereocenters. The van der Waals surface area contributed by atoms with Crippen LogP contribution in [0.4, 0.5) is 4.79 Å². The molecule has 8 heteroatoms. The first kappa shape index (κ1) is 19.8. The van der Waals surface area contributed by atoms with Crippen molar-refractivity contribution < 1.29 is 23.9 Å². The number of imidazole rings is 1. The third-order valence-corrected chi connectivity index (χ3v) is 4.84. The first-order valence-corrected chi connectivity index (χ1v) is 9.22. The smallest absolute Gasteiger partial charge is 0.427 e. The molecule has 8 nitrogen and oxygen atoms in total. The highest BCUT2D eigenvalue weighted by atomic mass is 16.6. The van der Waals surface area contributed by atoms with Gasteiger partial charge in [0.15, 0.2) is 0 Å². The number of rotatable bonds is 6. The monoisotopic (exact) mass is 385 g/mol. The molecule has 1 aromatic carbocycles. The van der Waals surface area contributed by atoms with E-state index in [-0.39, 0.29) is 25.0 Å². The minimum absolute atomic E-state index is 0.0185. The van der Waals surface area contributed by atoms with Gasteiger partial charge in [-0.2, -0.15) is 0 Å². The van der Waals surface area contributed by atoms with Gasteiger partial charge in [0, 0.05) is 25.5 Å². The molecule has 0 bridgehead atoms. The van der Waals surface area contributed by atoms with Gasteiger partial charge in [0.05, 0.1) is 12.5 Å². The molecule has 2 aromatic rings. The molecule has 0 radical (unpaired) electrons. The molecule has 28 heavy (non-hydrogen) atoms. The molecule has 1 fully saturated rings. The lowest BCUT2D eigenvalue weighted by Crippen LogP contribution is -2.31. The van der Waals surface area contributed by atoms with Gasteiger partial charge in [-0.1, -0.05) is 43.7 Å². The van der Waals surface area contributed by atoms with E-state index in [0.29, 0.717) is 13.1 Å². The minimum Gasteiger partial charge on any atom is -0.460 e. The molecular weight excluding hydrogens is 362 g/mol. The molecule has 1 aliphatic heterocycles. The van der Waals surface area contributed by atoms with E-state index in [0.717, 1.165) is 16.6 Å². The van der Waals surface area contributed by atoms with E-state index in [1.54, 1.807) is 0 Å². The lowest BCUT2D eigenvalue weighted by Gasteiger charge is -2.14. The summed E-state index contributed by atoms with van der Waals surface area (Å²) in [6, 6.07) is 9.45. The summed E-state index contributed by atoms with van der Waals surface area (Å²) >= 11 is 0. The van der Waals surface area contributed by atoms with Crippen molar-refractivity contribution in [2.45, 2.75) is 20.0 Å². The van der Waals surface area contributed by atoms with Crippen molar-refractivity contribution in [3.63, 3.8) is 0 Å². The van der Waals surface area contributed by atoms with Crippen LogP contribution in [0.2, 0.25) is 0 Å². The molecule has 0 N–H and O–H groups in total. The Hall–Kier alpha value is -3.00. The zero-order valence-corrected chi connectivity index (χ0v) is 15.7. The second-order valence-corrected chi connectivity index (χ2v) is 6.77. The van der Waals surface area contributed by atoms with Crippen molar-refractivity contribution in [3.8, 4) is 0 Å². The molecule has 0 saturated carbocycles. The maximum Gasteiger partial charge on any atom is 0.427 e. The predicted octanol–water partition coefficient (Wildman–Crippen LogP) is 2.10. The second kappa shape index (κ2) is 9.27. The zero-order valence-electron chi connectivity index (χ0n) is 15.7.